The van der Waals surface area contributed by atoms with Gasteiger partial charge in [-0.15, -0.1) is 0 Å². The molecule has 2 rings (SSSR count). The molecule has 0 saturated heterocycles. The quantitative estimate of drug-likeness (QED) is 0.840. The number of amides is 1. The molecule has 108 valence electrons. The van der Waals surface area contributed by atoms with Crippen molar-refractivity contribution < 1.29 is 14.3 Å². The zero-order valence-corrected chi connectivity index (χ0v) is 12.1. The van der Waals surface area contributed by atoms with Crippen LogP contribution in [0.2, 0.25) is 0 Å². The number of nitrogens with two attached hydrogens (primary N) is 1. The van der Waals surface area contributed by atoms with E-state index in [1.165, 1.54) is 4.90 Å². The van der Waals surface area contributed by atoms with Crippen LogP contribution in [0.15, 0.2) is 18.2 Å². The number of carbonyl (C=O) groups excluding carboxylic acids is 2. The van der Waals surface area contributed by atoms with Gasteiger partial charge in [0.1, 0.15) is 5.60 Å². The van der Waals surface area contributed by atoms with Crippen molar-refractivity contribution in [2.24, 2.45) is 5.73 Å². The van der Waals surface area contributed by atoms with E-state index in [0.717, 1.165) is 12.0 Å². The second kappa shape index (κ2) is 5.25. The van der Waals surface area contributed by atoms with Crippen LogP contribution < -0.4 is 10.6 Å². The molecule has 0 spiro atoms. The van der Waals surface area contributed by atoms with Gasteiger partial charge in [-0.1, -0.05) is 12.1 Å². The first-order valence-electron chi connectivity index (χ1n) is 6.69. The Bertz CT molecular complexity index is 547. The third kappa shape index (κ3) is 2.82. The van der Waals surface area contributed by atoms with Crippen LogP contribution >= 0.6 is 0 Å². The van der Waals surface area contributed by atoms with Gasteiger partial charge in [-0.2, -0.15) is 0 Å². The van der Waals surface area contributed by atoms with Crippen LogP contribution in [-0.4, -0.2) is 30.6 Å². The van der Waals surface area contributed by atoms with Crippen molar-refractivity contribution in [2.45, 2.75) is 32.8 Å². The highest BCUT2D eigenvalue weighted by molar-refractivity contribution is 6.07. The minimum Gasteiger partial charge on any atom is -0.443 e. The molecule has 5 nitrogen and oxygen atoms in total. The third-order valence-corrected chi connectivity index (χ3v) is 3.09. The Kier molecular flexibility index (Phi) is 3.81. The summed E-state index contributed by atoms with van der Waals surface area (Å²) in [5.74, 6) is -0.169. The number of para-hydroxylation sites is 1. The fourth-order valence-electron chi connectivity index (χ4n) is 2.29. The zero-order valence-electron chi connectivity index (χ0n) is 12.1. The number of fused-ring (bicyclic) bond motifs is 1. The summed E-state index contributed by atoms with van der Waals surface area (Å²) < 4.78 is 5.39. The number of hydrogen-bond acceptors (Lipinski definition) is 4. The monoisotopic (exact) mass is 276 g/mol. The number of hydrogen-bond donors (Lipinski definition) is 1. The molecule has 1 aromatic rings. The highest BCUT2D eigenvalue weighted by Crippen LogP contribution is 2.33. The summed E-state index contributed by atoms with van der Waals surface area (Å²) in [7, 11) is 0. The minimum atomic E-state index is -0.563. The number of carbonyl (C=O) groups is 2. The molecule has 1 aliphatic rings. The normalized spacial score (nSPS) is 14.1. The maximum Gasteiger partial charge on any atom is 0.414 e. The summed E-state index contributed by atoms with van der Waals surface area (Å²) >= 11 is 0. The smallest absolute Gasteiger partial charge is 0.414 e. The second-order valence-electron chi connectivity index (χ2n) is 5.82. The first-order chi connectivity index (χ1) is 9.33. The molecule has 20 heavy (non-hydrogen) atoms. The topological polar surface area (TPSA) is 72.6 Å². The molecular formula is C15H20N2O3. The number of nitrogens with zero attached hydrogens (tertiary/aromatic N) is 1. The molecule has 0 aromatic heterocycles. The molecule has 5 heteroatoms. The van der Waals surface area contributed by atoms with Crippen LogP contribution in [0.3, 0.4) is 0 Å². The molecule has 0 fully saturated rings. The molecule has 1 amide bonds. The van der Waals surface area contributed by atoms with Gasteiger partial charge in [0.15, 0.2) is 5.78 Å². The van der Waals surface area contributed by atoms with Gasteiger partial charge < -0.3 is 10.5 Å². The Morgan fingerprint density at radius 2 is 2.05 bits per heavy atom. The predicted octanol–water partition coefficient (Wildman–Crippen LogP) is 2.13. The largest absolute Gasteiger partial charge is 0.443 e. The molecule has 2 N–H and O–H groups in total. The van der Waals surface area contributed by atoms with Crippen LogP contribution in [-0.2, 0) is 11.2 Å². The van der Waals surface area contributed by atoms with Gasteiger partial charge in [0.2, 0.25) is 0 Å². The van der Waals surface area contributed by atoms with Crippen molar-refractivity contribution in [3.8, 4) is 0 Å². The van der Waals surface area contributed by atoms with E-state index in [1.807, 2.05) is 32.9 Å². The molecule has 0 radical (unpaired) electrons. The average Bonchev–Trinajstić information content (AvgIpc) is 2.79. The van der Waals surface area contributed by atoms with E-state index in [2.05, 4.69) is 0 Å². The van der Waals surface area contributed by atoms with Crippen LogP contribution in [0.4, 0.5) is 10.5 Å². The Balaban J connectivity index is 2.36. The van der Waals surface area contributed by atoms with Crippen molar-refractivity contribution in [2.75, 3.05) is 18.0 Å². The van der Waals surface area contributed by atoms with Gasteiger partial charge >= 0.3 is 6.09 Å². The van der Waals surface area contributed by atoms with Gasteiger partial charge in [-0.05, 0) is 38.8 Å². The fraction of sp³-hybridized carbons (Fsp3) is 0.467. The standard InChI is InChI=1S/C15H20N2O3/c1-15(2,3)20-14(19)17-8-7-10-5-4-6-11(13(10)17)12(18)9-16/h4-6H,7-9,16H2,1-3H3. The minimum absolute atomic E-state index is 0.0708. The molecule has 1 aromatic carbocycles. The summed E-state index contributed by atoms with van der Waals surface area (Å²) in [5, 5.41) is 0. The summed E-state index contributed by atoms with van der Waals surface area (Å²) in [6.45, 7) is 5.91. The van der Waals surface area contributed by atoms with Gasteiger partial charge in [-0.3, -0.25) is 9.69 Å². The number of ketones is 1. The zero-order chi connectivity index (χ0) is 14.9. The first kappa shape index (κ1) is 14.5. The summed E-state index contributed by atoms with van der Waals surface area (Å²) in [4.78, 5) is 25.7. The third-order valence-electron chi connectivity index (χ3n) is 3.09. The Hall–Kier alpha value is -1.88. The van der Waals surface area contributed by atoms with Gasteiger partial charge in [0.25, 0.3) is 0 Å². The van der Waals surface area contributed by atoms with E-state index in [4.69, 9.17) is 10.5 Å². The molecule has 0 saturated carbocycles. The van der Waals surface area contributed by atoms with Crippen LogP contribution in [0.1, 0.15) is 36.7 Å². The maximum absolute atomic E-state index is 12.2. The molecular weight excluding hydrogens is 256 g/mol. The Morgan fingerprint density at radius 3 is 2.65 bits per heavy atom. The lowest BCUT2D eigenvalue weighted by Gasteiger charge is -2.25. The van der Waals surface area contributed by atoms with E-state index in [1.54, 1.807) is 6.07 Å². The van der Waals surface area contributed by atoms with Gasteiger partial charge in [0.05, 0.1) is 12.2 Å². The van der Waals surface area contributed by atoms with E-state index in [0.29, 0.717) is 17.8 Å². The van der Waals surface area contributed by atoms with Gasteiger partial charge in [0, 0.05) is 12.1 Å². The highest BCUT2D eigenvalue weighted by atomic mass is 16.6. The lowest BCUT2D eigenvalue weighted by molar-refractivity contribution is 0.0584. The fourth-order valence-corrected chi connectivity index (χ4v) is 2.29. The van der Waals surface area contributed by atoms with Crippen LogP contribution in [0.25, 0.3) is 0 Å². The Labute approximate surface area is 118 Å². The molecule has 1 heterocycles. The Morgan fingerprint density at radius 1 is 1.35 bits per heavy atom. The first-order valence-corrected chi connectivity index (χ1v) is 6.69. The van der Waals surface area contributed by atoms with Crippen molar-refractivity contribution in [3.05, 3.63) is 29.3 Å². The maximum atomic E-state index is 12.2. The summed E-state index contributed by atoms with van der Waals surface area (Å²) in [6.07, 6.45) is 0.300. The summed E-state index contributed by atoms with van der Waals surface area (Å²) in [6, 6.07) is 5.45. The van der Waals surface area contributed by atoms with E-state index in [-0.39, 0.29) is 12.3 Å². The van der Waals surface area contributed by atoms with Crippen molar-refractivity contribution in [1.82, 2.24) is 0 Å². The number of Topliss-reactive ketones (excluding diaryl/α,β-unsaturated/α-hetero) is 1. The number of rotatable bonds is 2. The predicted molar refractivity (Wildman–Crippen MR) is 77.1 cm³/mol. The van der Waals surface area contributed by atoms with E-state index >= 15 is 0 Å². The molecule has 0 atom stereocenters. The lowest BCUT2D eigenvalue weighted by atomic mass is 10.0. The van der Waals surface area contributed by atoms with E-state index < -0.39 is 11.7 Å². The molecule has 0 aliphatic carbocycles. The van der Waals surface area contributed by atoms with Crippen LogP contribution in [0.5, 0.6) is 0 Å². The van der Waals surface area contributed by atoms with Gasteiger partial charge in [-0.25, -0.2) is 4.79 Å². The van der Waals surface area contributed by atoms with Crippen LogP contribution in [0, 0.1) is 0 Å². The average molecular weight is 276 g/mol. The second-order valence-corrected chi connectivity index (χ2v) is 5.82. The SMILES string of the molecule is CC(C)(C)OC(=O)N1CCc2cccc(C(=O)CN)c21. The summed E-state index contributed by atoms with van der Waals surface area (Å²) in [5.41, 5.74) is 7.00. The van der Waals surface area contributed by atoms with Crippen molar-refractivity contribution in [3.63, 3.8) is 0 Å². The lowest BCUT2D eigenvalue weighted by Crippen LogP contribution is -2.36. The molecule has 0 unspecified atom stereocenters. The highest BCUT2D eigenvalue weighted by Gasteiger charge is 2.31. The number of anilines is 1. The molecule has 1 aliphatic heterocycles. The molecule has 0 bridgehead atoms. The van der Waals surface area contributed by atoms with Crippen molar-refractivity contribution >= 4 is 17.6 Å². The van der Waals surface area contributed by atoms with Crippen molar-refractivity contribution in [1.29, 1.82) is 0 Å². The number of ether oxygens (including phenoxy) is 1. The number of benzene rings is 1. The van der Waals surface area contributed by atoms with E-state index in [9.17, 15) is 9.59 Å².